The van der Waals surface area contributed by atoms with Gasteiger partial charge in [-0.1, -0.05) is 18.7 Å². The Morgan fingerprint density at radius 2 is 2.25 bits per heavy atom. The van der Waals surface area contributed by atoms with E-state index in [9.17, 15) is 4.39 Å². The molecule has 1 nitrogen and oxygen atoms in total. The van der Waals surface area contributed by atoms with Crippen molar-refractivity contribution >= 4 is 5.57 Å². The highest BCUT2D eigenvalue weighted by Crippen LogP contribution is 2.15. The summed E-state index contributed by atoms with van der Waals surface area (Å²) in [6, 6.07) is 6.39. The second-order valence-electron chi connectivity index (χ2n) is 2.65. The van der Waals surface area contributed by atoms with Gasteiger partial charge in [0.2, 0.25) is 0 Å². The van der Waals surface area contributed by atoms with Crippen molar-refractivity contribution < 1.29 is 4.39 Å². The number of halogens is 1. The molecule has 0 aliphatic rings. The topological polar surface area (TPSA) is 26.0 Å². The summed E-state index contributed by atoms with van der Waals surface area (Å²) in [7, 11) is 0. The molecule has 0 fully saturated rings. The van der Waals surface area contributed by atoms with Gasteiger partial charge in [-0.25, -0.2) is 4.39 Å². The third-order valence-electron chi connectivity index (χ3n) is 1.68. The zero-order valence-electron chi connectivity index (χ0n) is 6.89. The van der Waals surface area contributed by atoms with Crippen molar-refractivity contribution in [3.8, 4) is 0 Å². The van der Waals surface area contributed by atoms with Crippen LogP contribution in [0.3, 0.4) is 0 Å². The Bertz CT molecular complexity index is 281. The molecule has 0 unspecified atom stereocenters. The maximum Gasteiger partial charge on any atom is 0.123 e. The number of hydrogen-bond acceptors (Lipinski definition) is 1. The molecule has 0 aromatic heterocycles. The van der Waals surface area contributed by atoms with Gasteiger partial charge in [0.15, 0.2) is 0 Å². The summed E-state index contributed by atoms with van der Waals surface area (Å²) in [5, 5.41) is 0. The molecule has 2 heteroatoms. The van der Waals surface area contributed by atoms with Crippen LogP contribution < -0.4 is 5.73 Å². The monoisotopic (exact) mass is 165 g/mol. The van der Waals surface area contributed by atoms with E-state index in [4.69, 9.17) is 5.73 Å². The quantitative estimate of drug-likeness (QED) is 0.730. The predicted molar refractivity (Wildman–Crippen MR) is 49.1 cm³/mol. The SMILES string of the molecule is C=C(CCN)c1cccc(F)c1. The minimum atomic E-state index is -0.231. The van der Waals surface area contributed by atoms with Gasteiger partial charge < -0.3 is 5.73 Å². The molecule has 0 spiro atoms. The lowest BCUT2D eigenvalue weighted by Crippen LogP contribution is -1.99. The molecule has 0 radical (unpaired) electrons. The third-order valence-corrected chi connectivity index (χ3v) is 1.68. The highest BCUT2D eigenvalue weighted by atomic mass is 19.1. The zero-order chi connectivity index (χ0) is 8.97. The number of rotatable bonds is 3. The summed E-state index contributed by atoms with van der Waals surface area (Å²) in [6.45, 7) is 4.36. The van der Waals surface area contributed by atoms with Crippen molar-refractivity contribution in [1.82, 2.24) is 0 Å². The molecule has 0 heterocycles. The molecule has 1 rings (SSSR count). The van der Waals surface area contributed by atoms with Crippen molar-refractivity contribution in [2.75, 3.05) is 6.54 Å². The van der Waals surface area contributed by atoms with Crippen LogP contribution in [0.4, 0.5) is 4.39 Å². The summed E-state index contributed by atoms with van der Waals surface area (Å²) < 4.78 is 12.7. The molecule has 0 saturated carbocycles. The van der Waals surface area contributed by atoms with Gasteiger partial charge in [-0.05, 0) is 36.2 Å². The van der Waals surface area contributed by atoms with E-state index < -0.39 is 0 Å². The largest absolute Gasteiger partial charge is 0.330 e. The van der Waals surface area contributed by atoms with Crippen LogP contribution in [0.1, 0.15) is 12.0 Å². The third kappa shape index (κ3) is 2.17. The summed E-state index contributed by atoms with van der Waals surface area (Å²) >= 11 is 0. The molecule has 0 aliphatic heterocycles. The molecule has 1 aromatic rings. The molecule has 0 saturated heterocycles. The van der Waals surface area contributed by atoms with Crippen LogP contribution in [0.5, 0.6) is 0 Å². The molecule has 1 aromatic carbocycles. The second kappa shape index (κ2) is 4.02. The van der Waals surface area contributed by atoms with Gasteiger partial charge in [0.05, 0.1) is 0 Å². The van der Waals surface area contributed by atoms with Crippen LogP contribution >= 0.6 is 0 Å². The lowest BCUT2D eigenvalue weighted by molar-refractivity contribution is 0.627. The number of hydrogen-bond donors (Lipinski definition) is 1. The van der Waals surface area contributed by atoms with Gasteiger partial charge in [0.1, 0.15) is 5.82 Å². The fourth-order valence-corrected chi connectivity index (χ4v) is 1.03. The van der Waals surface area contributed by atoms with E-state index >= 15 is 0 Å². The fraction of sp³-hybridized carbons (Fsp3) is 0.200. The van der Waals surface area contributed by atoms with Crippen molar-refractivity contribution in [3.63, 3.8) is 0 Å². The summed E-state index contributed by atoms with van der Waals surface area (Å²) in [5.41, 5.74) is 7.07. The van der Waals surface area contributed by atoms with Crippen molar-refractivity contribution in [3.05, 3.63) is 42.2 Å². The van der Waals surface area contributed by atoms with Gasteiger partial charge in [-0.2, -0.15) is 0 Å². The first-order valence-electron chi connectivity index (χ1n) is 3.88. The van der Waals surface area contributed by atoms with E-state index in [0.29, 0.717) is 13.0 Å². The van der Waals surface area contributed by atoms with E-state index in [0.717, 1.165) is 11.1 Å². The highest BCUT2D eigenvalue weighted by molar-refractivity contribution is 5.63. The first-order chi connectivity index (χ1) is 5.74. The van der Waals surface area contributed by atoms with Crippen LogP contribution in [0.2, 0.25) is 0 Å². The standard InChI is InChI=1S/C10H12FN/c1-8(5-6-12)9-3-2-4-10(11)7-9/h2-4,7H,1,5-6,12H2. The Hall–Kier alpha value is -1.15. The Balaban J connectivity index is 2.81. The molecule has 64 valence electrons. The average molecular weight is 165 g/mol. The molecule has 0 amide bonds. The minimum absolute atomic E-state index is 0.231. The van der Waals surface area contributed by atoms with E-state index in [1.54, 1.807) is 6.07 Å². The Morgan fingerprint density at radius 3 is 2.83 bits per heavy atom. The Labute approximate surface area is 71.7 Å². The van der Waals surface area contributed by atoms with Gasteiger partial charge >= 0.3 is 0 Å². The first-order valence-corrected chi connectivity index (χ1v) is 3.88. The van der Waals surface area contributed by atoms with Crippen LogP contribution in [0.25, 0.3) is 5.57 Å². The molecule has 0 aliphatic carbocycles. The zero-order valence-corrected chi connectivity index (χ0v) is 6.89. The number of benzene rings is 1. The van der Waals surface area contributed by atoms with Crippen LogP contribution in [-0.4, -0.2) is 6.54 Å². The fourth-order valence-electron chi connectivity index (χ4n) is 1.03. The predicted octanol–water partition coefficient (Wildman–Crippen LogP) is 2.19. The minimum Gasteiger partial charge on any atom is -0.330 e. The van der Waals surface area contributed by atoms with Crippen molar-refractivity contribution in [1.29, 1.82) is 0 Å². The maximum absolute atomic E-state index is 12.7. The van der Waals surface area contributed by atoms with Crippen LogP contribution in [0.15, 0.2) is 30.8 Å². The summed E-state index contributed by atoms with van der Waals surface area (Å²) in [6.07, 6.45) is 0.712. The number of nitrogens with two attached hydrogens (primary N) is 1. The molecule has 12 heavy (non-hydrogen) atoms. The van der Waals surface area contributed by atoms with E-state index in [-0.39, 0.29) is 5.82 Å². The summed E-state index contributed by atoms with van der Waals surface area (Å²) in [5.74, 6) is -0.231. The van der Waals surface area contributed by atoms with Gasteiger partial charge in [-0.15, -0.1) is 0 Å². The van der Waals surface area contributed by atoms with Crippen molar-refractivity contribution in [2.24, 2.45) is 5.73 Å². The Morgan fingerprint density at radius 1 is 1.50 bits per heavy atom. The molecular formula is C10H12FN. The average Bonchev–Trinajstić information content (AvgIpc) is 2.05. The molecule has 0 atom stereocenters. The molecular weight excluding hydrogens is 153 g/mol. The molecule has 0 bridgehead atoms. The van der Waals surface area contributed by atoms with Crippen LogP contribution in [-0.2, 0) is 0 Å². The smallest absolute Gasteiger partial charge is 0.123 e. The lowest BCUT2D eigenvalue weighted by Gasteiger charge is -2.03. The van der Waals surface area contributed by atoms with E-state index in [2.05, 4.69) is 6.58 Å². The van der Waals surface area contributed by atoms with E-state index in [1.165, 1.54) is 12.1 Å². The van der Waals surface area contributed by atoms with Gasteiger partial charge in [0, 0.05) is 0 Å². The first kappa shape index (κ1) is 8.94. The van der Waals surface area contributed by atoms with Gasteiger partial charge in [0.25, 0.3) is 0 Å². The van der Waals surface area contributed by atoms with Crippen molar-refractivity contribution in [2.45, 2.75) is 6.42 Å². The Kier molecular flexibility index (Phi) is 3.00. The lowest BCUT2D eigenvalue weighted by atomic mass is 10.1. The van der Waals surface area contributed by atoms with E-state index in [1.807, 2.05) is 6.07 Å². The highest BCUT2D eigenvalue weighted by Gasteiger charge is 1.98. The van der Waals surface area contributed by atoms with Gasteiger partial charge in [-0.3, -0.25) is 0 Å². The van der Waals surface area contributed by atoms with Crippen LogP contribution in [0, 0.1) is 5.82 Å². The second-order valence-corrected chi connectivity index (χ2v) is 2.65. The maximum atomic E-state index is 12.7. The normalized spacial score (nSPS) is 9.83. The summed E-state index contributed by atoms with van der Waals surface area (Å²) in [4.78, 5) is 0. The molecule has 2 N–H and O–H groups in total.